The Hall–Kier alpha value is -1.27. The van der Waals surface area contributed by atoms with Crippen molar-refractivity contribution in [3.05, 3.63) is 35.9 Å². The highest BCUT2D eigenvalue weighted by atomic mass is 16.7. The molecule has 124 valence electrons. The number of ether oxygens (including phenoxy) is 4. The molecule has 0 fully saturated rings. The number of hydrogen-bond acceptors (Lipinski definition) is 5. The van der Waals surface area contributed by atoms with E-state index in [0.717, 1.165) is 18.3 Å². The van der Waals surface area contributed by atoms with E-state index in [1.54, 1.807) is 7.11 Å². The van der Waals surface area contributed by atoms with Gasteiger partial charge in [-0.2, -0.15) is 0 Å². The van der Waals surface area contributed by atoms with Crippen LogP contribution in [0.4, 0.5) is 0 Å². The molecule has 0 aliphatic heterocycles. The van der Waals surface area contributed by atoms with E-state index in [1.807, 2.05) is 37.3 Å². The van der Waals surface area contributed by atoms with E-state index in [2.05, 4.69) is 0 Å². The number of methoxy groups -OCH3 is 1. The zero-order valence-corrected chi connectivity index (χ0v) is 13.5. The van der Waals surface area contributed by atoms with Crippen LogP contribution in [0.5, 0.6) is 0 Å². The van der Waals surface area contributed by atoms with Crippen molar-refractivity contribution in [2.24, 2.45) is 0 Å². The van der Waals surface area contributed by atoms with E-state index in [1.165, 1.54) is 0 Å². The molecule has 1 aromatic carbocycles. The number of carbonyl (C=O) groups is 1. The Morgan fingerprint density at radius 2 is 1.95 bits per heavy atom. The maximum absolute atomic E-state index is 10.6. The molecule has 0 aliphatic rings. The molecule has 0 spiro atoms. The highest BCUT2D eigenvalue weighted by Crippen LogP contribution is 2.22. The summed E-state index contributed by atoms with van der Waals surface area (Å²) in [6.45, 7) is 3.77. The Kier molecular flexibility index (Phi) is 9.66. The van der Waals surface area contributed by atoms with Gasteiger partial charge in [0.05, 0.1) is 25.4 Å². The second kappa shape index (κ2) is 11.3. The van der Waals surface area contributed by atoms with Gasteiger partial charge < -0.3 is 23.7 Å². The van der Waals surface area contributed by atoms with Crippen LogP contribution in [0.3, 0.4) is 0 Å². The molecular formula is C17H26O5. The van der Waals surface area contributed by atoms with Crippen LogP contribution < -0.4 is 0 Å². The summed E-state index contributed by atoms with van der Waals surface area (Å²) in [5, 5.41) is 0. The summed E-state index contributed by atoms with van der Waals surface area (Å²) in [6.07, 6.45) is 2.15. The zero-order chi connectivity index (χ0) is 16.1. The van der Waals surface area contributed by atoms with Crippen LogP contribution in [0.2, 0.25) is 0 Å². The van der Waals surface area contributed by atoms with Crippen LogP contribution >= 0.6 is 0 Å². The van der Waals surface area contributed by atoms with Gasteiger partial charge in [0.25, 0.3) is 0 Å². The van der Waals surface area contributed by atoms with E-state index in [0.29, 0.717) is 26.2 Å². The third-order valence-electron chi connectivity index (χ3n) is 3.48. The predicted molar refractivity (Wildman–Crippen MR) is 83.6 cm³/mol. The lowest BCUT2D eigenvalue weighted by Gasteiger charge is -2.32. The molecule has 1 atom stereocenters. The van der Waals surface area contributed by atoms with Crippen molar-refractivity contribution in [2.75, 3.05) is 33.7 Å². The fourth-order valence-electron chi connectivity index (χ4n) is 2.11. The highest BCUT2D eigenvalue weighted by molar-refractivity contribution is 5.50. The first-order valence-corrected chi connectivity index (χ1v) is 7.52. The average Bonchev–Trinajstić information content (AvgIpc) is 2.57. The third kappa shape index (κ3) is 7.13. The SMILES string of the molecule is CCC(CCOCOC)(COCc1ccccc1)OCC=O. The molecule has 0 saturated carbocycles. The van der Waals surface area contributed by atoms with Gasteiger partial charge in [-0.1, -0.05) is 37.3 Å². The Morgan fingerprint density at radius 3 is 2.59 bits per heavy atom. The van der Waals surface area contributed by atoms with Crippen molar-refractivity contribution in [3.63, 3.8) is 0 Å². The van der Waals surface area contributed by atoms with Crippen LogP contribution in [0.25, 0.3) is 0 Å². The van der Waals surface area contributed by atoms with E-state index < -0.39 is 5.60 Å². The highest BCUT2D eigenvalue weighted by Gasteiger charge is 2.29. The number of hydrogen-bond donors (Lipinski definition) is 0. The van der Waals surface area contributed by atoms with E-state index in [-0.39, 0.29) is 13.4 Å². The van der Waals surface area contributed by atoms with E-state index in [4.69, 9.17) is 18.9 Å². The zero-order valence-electron chi connectivity index (χ0n) is 13.5. The molecule has 0 heterocycles. The van der Waals surface area contributed by atoms with E-state index in [9.17, 15) is 4.79 Å². The lowest BCUT2D eigenvalue weighted by molar-refractivity contribution is -0.138. The van der Waals surface area contributed by atoms with Crippen LogP contribution in [-0.4, -0.2) is 45.6 Å². The minimum atomic E-state index is -0.510. The monoisotopic (exact) mass is 310 g/mol. The van der Waals surface area contributed by atoms with Gasteiger partial charge in [-0.05, 0) is 12.0 Å². The summed E-state index contributed by atoms with van der Waals surface area (Å²) in [7, 11) is 1.58. The number of benzene rings is 1. The molecule has 1 rings (SSSR count). The van der Waals surface area contributed by atoms with Crippen molar-refractivity contribution in [1.29, 1.82) is 0 Å². The smallest absolute Gasteiger partial charge is 0.146 e. The Bertz CT molecular complexity index is 395. The van der Waals surface area contributed by atoms with Gasteiger partial charge in [0, 0.05) is 13.5 Å². The Labute approximate surface area is 132 Å². The molecule has 0 radical (unpaired) electrons. The summed E-state index contributed by atoms with van der Waals surface area (Å²) in [5.74, 6) is 0. The second-order valence-corrected chi connectivity index (χ2v) is 5.06. The molecule has 0 saturated heterocycles. The third-order valence-corrected chi connectivity index (χ3v) is 3.48. The normalized spacial score (nSPS) is 13.7. The first-order chi connectivity index (χ1) is 10.8. The molecule has 0 amide bonds. The lowest BCUT2D eigenvalue weighted by Crippen LogP contribution is -2.39. The van der Waals surface area contributed by atoms with Crippen molar-refractivity contribution in [2.45, 2.75) is 32.0 Å². The van der Waals surface area contributed by atoms with Gasteiger partial charge in [-0.25, -0.2) is 0 Å². The van der Waals surface area contributed by atoms with Crippen molar-refractivity contribution < 1.29 is 23.7 Å². The summed E-state index contributed by atoms with van der Waals surface area (Å²) in [4.78, 5) is 10.6. The van der Waals surface area contributed by atoms with Crippen LogP contribution in [0.1, 0.15) is 25.3 Å². The first kappa shape index (κ1) is 18.8. The van der Waals surface area contributed by atoms with Crippen LogP contribution in [0, 0.1) is 0 Å². The second-order valence-electron chi connectivity index (χ2n) is 5.06. The average molecular weight is 310 g/mol. The summed E-state index contributed by atoms with van der Waals surface area (Å²) < 4.78 is 21.7. The van der Waals surface area contributed by atoms with Gasteiger partial charge in [-0.3, -0.25) is 0 Å². The molecule has 1 aromatic rings. The molecule has 5 heteroatoms. The Balaban J connectivity index is 2.49. The van der Waals surface area contributed by atoms with Crippen LogP contribution in [0.15, 0.2) is 30.3 Å². The first-order valence-electron chi connectivity index (χ1n) is 7.52. The quantitative estimate of drug-likeness (QED) is 0.318. The minimum Gasteiger partial charge on any atom is -0.374 e. The molecule has 0 N–H and O–H groups in total. The van der Waals surface area contributed by atoms with Gasteiger partial charge in [0.2, 0.25) is 0 Å². The molecule has 0 bridgehead atoms. The molecule has 0 aromatic heterocycles. The fourth-order valence-corrected chi connectivity index (χ4v) is 2.11. The van der Waals surface area contributed by atoms with Crippen molar-refractivity contribution in [1.82, 2.24) is 0 Å². The van der Waals surface area contributed by atoms with Gasteiger partial charge in [-0.15, -0.1) is 0 Å². The predicted octanol–water partition coefficient (Wildman–Crippen LogP) is 2.58. The molecule has 5 nitrogen and oxygen atoms in total. The van der Waals surface area contributed by atoms with Gasteiger partial charge in [0.15, 0.2) is 0 Å². The topological polar surface area (TPSA) is 54.0 Å². The summed E-state index contributed by atoms with van der Waals surface area (Å²) >= 11 is 0. The number of aldehydes is 1. The fraction of sp³-hybridized carbons (Fsp3) is 0.588. The van der Waals surface area contributed by atoms with E-state index >= 15 is 0 Å². The Morgan fingerprint density at radius 1 is 1.18 bits per heavy atom. The van der Waals surface area contributed by atoms with Crippen LogP contribution in [-0.2, 0) is 30.3 Å². The maximum Gasteiger partial charge on any atom is 0.146 e. The minimum absolute atomic E-state index is 0.0623. The van der Waals surface area contributed by atoms with Gasteiger partial charge in [0.1, 0.15) is 19.7 Å². The van der Waals surface area contributed by atoms with Crippen molar-refractivity contribution >= 4 is 6.29 Å². The lowest BCUT2D eigenvalue weighted by atomic mass is 9.97. The van der Waals surface area contributed by atoms with Gasteiger partial charge >= 0.3 is 0 Å². The maximum atomic E-state index is 10.6. The molecular weight excluding hydrogens is 284 g/mol. The van der Waals surface area contributed by atoms with Crippen molar-refractivity contribution in [3.8, 4) is 0 Å². The summed E-state index contributed by atoms with van der Waals surface area (Å²) in [5.41, 5.74) is 0.599. The molecule has 1 unspecified atom stereocenters. The number of rotatable bonds is 13. The molecule has 0 aliphatic carbocycles. The molecule has 22 heavy (non-hydrogen) atoms. The largest absolute Gasteiger partial charge is 0.374 e. The number of carbonyl (C=O) groups excluding carboxylic acids is 1. The summed E-state index contributed by atoms with van der Waals surface area (Å²) in [6, 6.07) is 9.96. The standard InChI is InChI=1S/C17H26O5/c1-3-17(22-12-10-18,9-11-20-15-19-2)14-21-13-16-7-5-4-6-8-16/h4-8,10H,3,9,11-15H2,1-2H3.